The van der Waals surface area contributed by atoms with E-state index in [1.165, 1.54) is 30.5 Å². The molecule has 2 N–H and O–H groups in total. The second-order valence-electron chi connectivity index (χ2n) is 7.05. The molecule has 0 atom stereocenters. The van der Waals surface area contributed by atoms with Gasteiger partial charge < -0.3 is 5.32 Å². The minimum atomic E-state index is -3.66. The number of allylic oxidation sites excluding steroid dienone is 1. The first kappa shape index (κ1) is 20.3. The van der Waals surface area contributed by atoms with Gasteiger partial charge in [0.25, 0.3) is 5.91 Å². The summed E-state index contributed by atoms with van der Waals surface area (Å²) in [5, 5.41) is 2.83. The van der Waals surface area contributed by atoms with Crippen molar-refractivity contribution in [2.24, 2.45) is 0 Å². The van der Waals surface area contributed by atoms with Gasteiger partial charge in [-0.1, -0.05) is 35.9 Å². The zero-order valence-electron chi connectivity index (χ0n) is 16.1. The van der Waals surface area contributed by atoms with Crippen LogP contribution in [0.25, 0.3) is 0 Å². The average Bonchev–Trinajstić information content (AvgIpc) is 2.70. The van der Waals surface area contributed by atoms with E-state index in [9.17, 15) is 13.2 Å². The van der Waals surface area contributed by atoms with E-state index in [0.717, 1.165) is 24.8 Å². The quantitative estimate of drug-likeness (QED) is 0.678. The molecule has 1 aliphatic carbocycles. The van der Waals surface area contributed by atoms with Crippen molar-refractivity contribution in [2.75, 3.05) is 11.9 Å². The molecule has 148 valence electrons. The lowest BCUT2D eigenvalue weighted by atomic mass is 9.97. The van der Waals surface area contributed by atoms with Gasteiger partial charge in [0.2, 0.25) is 10.0 Å². The number of carbonyl (C=O) groups excluding carboxylic acids is 1. The van der Waals surface area contributed by atoms with Crippen LogP contribution in [0.4, 0.5) is 5.69 Å². The van der Waals surface area contributed by atoms with Crippen molar-refractivity contribution in [2.45, 2.75) is 43.9 Å². The Hall–Kier alpha value is -2.44. The van der Waals surface area contributed by atoms with Crippen LogP contribution < -0.4 is 10.0 Å². The van der Waals surface area contributed by atoms with Crippen LogP contribution in [-0.4, -0.2) is 20.9 Å². The van der Waals surface area contributed by atoms with Gasteiger partial charge in [0.15, 0.2) is 0 Å². The maximum atomic E-state index is 12.6. The number of amides is 1. The molecule has 1 aliphatic rings. The molecular weight excluding hydrogens is 372 g/mol. The van der Waals surface area contributed by atoms with E-state index < -0.39 is 10.0 Å². The fourth-order valence-electron chi connectivity index (χ4n) is 3.27. The van der Waals surface area contributed by atoms with E-state index in [1.807, 2.05) is 31.2 Å². The van der Waals surface area contributed by atoms with Crippen LogP contribution in [0.5, 0.6) is 0 Å². The van der Waals surface area contributed by atoms with Crippen molar-refractivity contribution in [3.05, 3.63) is 71.3 Å². The molecule has 0 unspecified atom stereocenters. The van der Waals surface area contributed by atoms with Gasteiger partial charge in [0.05, 0.1) is 4.90 Å². The maximum Gasteiger partial charge on any atom is 0.255 e. The Morgan fingerprint density at radius 3 is 2.64 bits per heavy atom. The third-order valence-electron chi connectivity index (χ3n) is 4.92. The van der Waals surface area contributed by atoms with Crippen molar-refractivity contribution in [1.29, 1.82) is 0 Å². The first-order valence-corrected chi connectivity index (χ1v) is 11.1. The number of rotatable bonds is 7. The van der Waals surface area contributed by atoms with Crippen molar-refractivity contribution in [1.82, 2.24) is 4.72 Å². The van der Waals surface area contributed by atoms with Crippen molar-refractivity contribution < 1.29 is 13.2 Å². The topological polar surface area (TPSA) is 75.3 Å². The van der Waals surface area contributed by atoms with Gasteiger partial charge in [0, 0.05) is 17.8 Å². The lowest BCUT2D eigenvalue weighted by molar-refractivity contribution is 0.102. The number of nitrogens with one attached hydrogen (secondary N) is 2. The Morgan fingerprint density at radius 2 is 1.89 bits per heavy atom. The molecule has 0 fully saturated rings. The zero-order valence-corrected chi connectivity index (χ0v) is 16.9. The molecule has 0 aromatic heterocycles. The van der Waals surface area contributed by atoms with Gasteiger partial charge in [0.1, 0.15) is 0 Å². The van der Waals surface area contributed by atoms with Crippen LogP contribution in [0.1, 0.15) is 48.0 Å². The summed E-state index contributed by atoms with van der Waals surface area (Å²) in [7, 11) is -3.66. The number of benzene rings is 2. The van der Waals surface area contributed by atoms with Crippen LogP contribution in [-0.2, 0) is 10.0 Å². The van der Waals surface area contributed by atoms with Crippen LogP contribution >= 0.6 is 0 Å². The molecule has 0 spiro atoms. The molecule has 5 nitrogen and oxygen atoms in total. The molecule has 3 rings (SSSR count). The predicted molar refractivity (Wildman–Crippen MR) is 112 cm³/mol. The van der Waals surface area contributed by atoms with E-state index in [1.54, 1.807) is 12.1 Å². The van der Waals surface area contributed by atoms with Gasteiger partial charge in [-0.15, -0.1) is 0 Å². The summed E-state index contributed by atoms with van der Waals surface area (Å²) in [6.45, 7) is 2.27. The summed E-state index contributed by atoms with van der Waals surface area (Å²) < 4.78 is 27.8. The van der Waals surface area contributed by atoms with Crippen LogP contribution in [0.15, 0.2) is 65.1 Å². The maximum absolute atomic E-state index is 12.6. The van der Waals surface area contributed by atoms with E-state index in [0.29, 0.717) is 17.8 Å². The molecule has 0 heterocycles. The third kappa shape index (κ3) is 5.30. The molecule has 0 bridgehead atoms. The Balaban J connectivity index is 1.66. The molecular formula is C22H26N2O3S. The van der Waals surface area contributed by atoms with E-state index >= 15 is 0 Å². The monoisotopic (exact) mass is 398 g/mol. The standard InChI is InChI=1S/C22H26N2O3S/c1-17-8-5-6-13-21(17)24-22(25)19-11-7-12-20(16-19)28(26,27)23-15-14-18-9-3-2-4-10-18/h5-9,11-13,16,23H,2-4,10,14-15H2,1H3,(H,24,25). The number of aryl methyl sites for hydroxylation is 1. The molecule has 0 aliphatic heterocycles. The van der Waals surface area contributed by atoms with E-state index in [2.05, 4.69) is 16.1 Å². The molecule has 0 radical (unpaired) electrons. The largest absolute Gasteiger partial charge is 0.322 e. The summed E-state index contributed by atoms with van der Waals surface area (Å²) in [5.74, 6) is -0.335. The zero-order chi connectivity index (χ0) is 20.0. The molecule has 28 heavy (non-hydrogen) atoms. The van der Waals surface area contributed by atoms with E-state index in [4.69, 9.17) is 0 Å². The molecule has 1 amide bonds. The molecule has 6 heteroatoms. The third-order valence-corrected chi connectivity index (χ3v) is 6.38. The summed E-state index contributed by atoms with van der Waals surface area (Å²) in [5.41, 5.74) is 3.28. The van der Waals surface area contributed by atoms with Crippen molar-refractivity contribution in [3.8, 4) is 0 Å². The number of hydrogen-bond donors (Lipinski definition) is 2. The van der Waals surface area contributed by atoms with Crippen molar-refractivity contribution >= 4 is 21.6 Å². The molecule has 0 saturated heterocycles. The average molecular weight is 399 g/mol. The Morgan fingerprint density at radius 1 is 1.07 bits per heavy atom. The first-order chi connectivity index (χ1) is 13.5. The van der Waals surface area contributed by atoms with Crippen LogP contribution in [0, 0.1) is 6.92 Å². The predicted octanol–water partition coefficient (Wildman–Crippen LogP) is 4.42. The SMILES string of the molecule is Cc1ccccc1NC(=O)c1cccc(S(=O)(=O)NCCC2=CCCCC2)c1. The summed E-state index contributed by atoms with van der Waals surface area (Å²) in [6.07, 6.45) is 7.47. The van der Waals surface area contributed by atoms with E-state index in [-0.39, 0.29) is 10.8 Å². The van der Waals surface area contributed by atoms with Crippen LogP contribution in [0.3, 0.4) is 0 Å². The number of hydrogen-bond acceptors (Lipinski definition) is 3. The minimum Gasteiger partial charge on any atom is -0.322 e. The second-order valence-corrected chi connectivity index (χ2v) is 8.82. The number of carbonyl (C=O) groups is 1. The highest BCUT2D eigenvalue weighted by Crippen LogP contribution is 2.20. The van der Waals surface area contributed by atoms with Crippen molar-refractivity contribution in [3.63, 3.8) is 0 Å². The minimum absolute atomic E-state index is 0.0996. The first-order valence-electron chi connectivity index (χ1n) is 9.60. The number of sulfonamides is 1. The second kappa shape index (κ2) is 9.17. The van der Waals surface area contributed by atoms with Gasteiger partial charge in [-0.2, -0.15) is 0 Å². The van der Waals surface area contributed by atoms with Gasteiger partial charge in [-0.25, -0.2) is 13.1 Å². The van der Waals surface area contributed by atoms with Gasteiger partial charge in [-0.3, -0.25) is 4.79 Å². The smallest absolute Gasteiger partial charge is 0.255 e. The number of anilines is 1. The van der Waals surface area contributed by atoms with Gasteiger partial charge in [-0.05, 0) is 68.9 Å². The fraction of sp³-hybridized carbons (Fsp3) is 0.318. The molecule has 0 saturated carbocycles. The van der Waals surface area contributed by atoms with Gasteiger partial charge >= 0.3 is 0 Å². The Bertz CT molecular complexity index is 981. The summed E-state index contributed by atoms with van der Waals surface area (Å²) in [6, 6.07) is 13.6. The lowest BCUT2D eigenvalue weighted by Crippen LogP contribution is -2.25. The molecule has 2 aromatic carbocycles. The highest BCUT2D eigenvalue weighted by Gasteiger charge is 2.17. The summed E-state index contributed by atoms with van der Waals surface area (Å²) in [4.78, 5) is 12.6. The lowest BCUT2D eigenvalue weighted by Gasteiger charge is -2.13. The highest BCUT2D eigenvalue weighted by atomic mass is 32.2. The Labute approximate surface area is 166 Å². The highest BCUT2D eigenvalue weighted by molar-refractivity contribution is 7.89. The Kier molecular flexibility index (Phi) is 6.65. The fourth-order valence-corrected chi connectivity index (χ4v) is 4.35. The summed E-state index contributed by atoms with van der Waals surface area (Å²) >= 11 is 0. The normalized spacial score (nSPS) is 14.4. The van der Waals surface area contributed by atoms with Crippen LogP contribution in [0.2, 0.25) is 0 Å². The molecule has 2 aromatic rings. The number of para-hydroxylation sites is 1.